The minimum atomic E-state index is 0.122. The Morgan fingerprint density at radius 3 is 2.44 bits per heavy atom. The van der Waals surface area contributed by atoms with Crippen LogP contribution < -0.4 is 19.8 Å². The van der Waals surface area contributed by atoms with Crippen LogP contribution in [-0.4, -0.2) is 43.9 Å². The highest BCUT2D eigenvalue weighted by molar-refractivity contribution is 5.50. The van der Waals surface area contributed by atoms with Gasteiger partial charge in [-0.25, -0.2) is 0 Å². The Bertz CT molecular complexity index is 892. The summed E-state index contributed by atoms with van der Waals surface area (Å²) in [6.07, 6.45) is 1.16. The lowest BCUT2D eigenvalue weighted by atomic mass is 9.83. The zero-order chi connectivity index (χ0) is 19.0. The summed E-state index contributed by atoms with van der Waals surface area (Å²) in [6, 6.07) is 9.53. The molecular formula is C21H26N2O4. The minimum Gasteiger partial charge on any atom is -0.496 e. The number of benzene rings is 1. The van der Waals surface area contributed by atoms with Crippen molar-refractivity contribution in [1.82, 2.24) is 9.47 Å². The summed E-state index contributed by atoms with van der Waals surface area (Å²) in [5.41, 5.74) is 2.38. The lowest BCUT2D eigenvalue weighted by Gasteiger charge is -2.43. The number of nitrogens with zero attached hydrogens (tertiary/aromatic N) is 2. The van der Waals surface area contributed by atoms with Crippen molar-refractivity contribution in [2.24, 2.45) is 5.92 Å². The molecule has 144 valence electrons. The molecule has 0 N–H and O–H groups in total. The summed E-state index contributed by atoms with van der Waals surface area (Å²) in [6.45, 7) is 3.52. The fraction of sp³-hybridized carbons (Fsp3) is 0.476. The fourth-order valence-corrected chi connectivity index (χ4v) is 4.58. The third-order valence-electron chi connectivity index (χ3n) is 5.74. The van der Waals surface area contributed by atoms with Gasteiger partial charge in [0.2, 0.25) is 0 Å². The van der Waals surface area contributed by atoms with Crippen molar-refractivity contribution in [3.8, 4) is 17.2 Å². The molecule has 2 bridgehead atoms. The van der Waals surface area contributed by atoms with E-state index in [0.29, 0.717) is 23.3 Å². The van der Waals surface area contributed by atoms with E-state index in [1.54, 1.807) is 27.4 Å². The van der Waals surface area contributed by atoms with E-state index in [-0.39, 0.29) is 5.56 Å². The topological polar surface area (TPSA) is 52.9 Å². The lowest BCUT2D eigenvalue weighted by molar-refractivity contribution is 0.113. The van der Waals surface area contributed by atoms with Gasteiger partial charge in [-0.05, 0) is 24.5 Å². The van der Waals surface area contributed by atoms with Crippen molar-refractivity contribution in [3.63, 3.8) is 0 Å². The van der Waals surface area contributed by atoms with Crippen LogP contribution in [0, 0.1) is 5.92 Å². The number of hydrogen-bond acceptors (Lipinski definition) is 5. The first kappa shape index (κ1) is 17.9. The normalized spacial score (nSPS) is 21.4. The van der Waals surface area contributed by atoms with Crippen LogP contribution in [0.2, 0.25) is 0 Å². The molecule has 0 radical (unpaired) electrons. The maximum absolute atomic E-state index is 12.2. The smallest absolute Gasteiger partial charge is 0.250 e. The van der Waals surface area contributed by atoms with E-state index in [2.05, 4.69) is 11.0 Å². The van der Waals surface area contributed by atoms with Gasteiger partial charge in [-0.15, -0.1) is 0 Å². The number of fused-ring (bicyclic) bond motifs is 4. The minimum absolute atomic E-state index is 0.122. The number of rotatable bonds is 5. The van der Waals surface area contributed by atoms with E-state index in [4.69, 9.17) is 14.2 Å². The molecule has 2 unspecified atom stereocenters. The number of ether oxygens (including phenoxy) is 3. The second-order valence-corrected chi connectivity index (χ2v) is 7.41. The molecule has 2 aromatic rings. The Kier molecular flexibility index (Phi) is 4.83. The monoisotopic (exact) mass is 370 g/mol. The summed E-state index contributed by atoms with van der Waals surface area (Å²) >= 11 is 0. The number of likely N-dealkylation sites (tertiary alicyclic amines) is 1. The summed E-state index contributed by atoms with van der Waals surface area (Å²) < 4.78 is 18.4. The standard InChI is InChI=1S/C21H26N2O4/c1-25-18-9-20(27-3)19(26-2)8-16(18)13-22-10-14-7-15(12-22)17-5-4-6-21(24)23(17)11-14/h4-6,8-9,14-15H,7,10-13H2,1-3H3. The van der Waals surface area contributed by atoms with Gasteiger partial charge in [0, 0.05) is 55.5 Å². The van der Waals surface area contributed by atoms with Crippen LogP contribution in [0.25, 0.3) is 0 Å². The Morgan fingerprint density at radius 2 is 1.70 bits per heavy atom. The third-order valence-corrected chi connectivity index (χ3v) is 5.74. The highest BCUT2D eigenvalue weighted by Crippen LogP contribution is 2.38. The van der Waals surface area contributed by atoms with Gasteiger partial charge < -0.3 is 18.8 Å². The van der Waals surface area contributed by atoms with Crippen LogP contribution in [0.5, 0.6) is 17.2 Å². The molecule has 4 rings (SSSR count). The highest BCUT2D eigenvalue weighted by atomic mass is 16.5. The number of pyridine rings is 1. The Labute approximate surface area is 159 Å². The van der Waals surface area contributed by atoms with E-state index >= 15 is 0 Å². The molecule has 3 heterocycles. The first-order chi connectivity index (χ1) is 13.1. The van der Waals surface area contributed by atoms with Gasteiger partial charge in [0.15, 0.2) is 11.5 Å². The zero-order valence-electron chi connectivity index (χ0n) is 16.1. The van der Waals surface area contributed by atoms with Gasteiger partial charge >= 0.3 is 0 Å². The predicted molar refractivity (Wildman–Crippen MR) is 103 cm³/mol. The quantitative estimate of drug-likeness (QED) is 0.809. The van der Waals surface area contributed by atoms with Gasteiger partial charge in [0.1, 0.15) is 5.75 Å². The molecule has 6 nitrogen and oxygen atoms in total. The second kappa shape index (κ2) is 7.27. The Morgan fingerprint density at radius 1 is 0.963 bits per heavy atom. The number of hydrogen-bond donors (Lipinski definition) is 0. The molecular weight excluding hydrogens is 344 g/mol. The van der Waals surface area contributed by atoms with Crippen molar-refractivity contribution in [2.75, 3.05) is 34.4 Å². The van der Waals surface area contributed by atoms with Gasteiger partial charge in [0.05, 0.1) is 21.3 Å². The maximum Gasteiger partial charge on any atom is 0.250 e. The number of aromatic nitrogens is 1. The molecule has 0 saturated carbocycles. The molecule has 6 heteroatoms. The van der Waals surface area contributed by atoms with Crippen molar-refractivity contribution < 1.29 is 14.2 Å². The van der Waals surface area contributed by atoms with Gasteiger partial charge in [0.25, 0.3) is 5.56 Å². The van der Waals surface area contributed by atoms with Crippen LogP contribution >= 0.6 is 0 Å². The number of piperidine rings is 1. The predicted octanol–water partition coefficient (Wildman–Crippen LogP) is 2.49. The Hall–Kier alpha value is -2.47. The van der Waals surface area contributed by atoms with Crippen molar-refractivity contribution in [3.05, 3.63) is 51.9 Å². The van der Waals surface area contributed by atoms with Crippen LogP contribution in [0.15, 0.2) is 35.1 Å². The van der Waals surface area contributed by atoms with E-state index in [0.717, 1.165) is 43.9 Å². The van der Waals surface area contributed by atoms with E-state index in [9.17, 15) is 4.79 Å². The van der Waals surface area contributed by atoms with Crippen molar-refractivity contribution in [2.45, 2.75) is 25.4 Å². The molecule has 1 fully saturated rings. The molecule has 1 saturated heterocycles. The molecule has 0 spiro atoms. The largest absolute Gasteiger partial charge is 0.496 e. The maximum atomic E-state index is 12.2. The zero-order valence-corrected chi connectivity index (χ0v) is 16.1. The molecule has 2 atom stereocenters. The molecule has 0 amide bonds. The van der Waals surface area contributed by atoms with Gasteiger partial charge in [-0.1, -0.05) is 6.07 Å². The summed E-state index contributed by atoms with van der Waals surface area (Å²) in [5, 5.41) is 0. The van der Waals surface area contributed by atoms with E-state index in [1.165, 1.54) is 5.69 Å². The highest BCUT2D eigenvalue weighted by Gasteiger charge is 2.34. The van der Waals surface area contributed by atoms with Gasteiger partial charge in [-0.2, -0.15) is 0 Å². The molecule has 2 aliphatic heterocycles. The first-order valence-electron chi connectivity index (χ1n) is 9.34. The van der Waals surface area contributed by atoms with Crippen LogP contribution in [0.4, 0.5) is 0 Å². The van der Waals surface area contributed by atoms with Crippen LogP contribution in [-0.2, 0) is 13.1 Å². The first-order valence-corrected chi connectivity index (χ1v) is 9.34. The van der Waals surface area contributed by atoms with E-state index in [1.807, 2.05) is 22.8 Å². The fourth-order valence-electron chi connectivity index (χ4n) is 4.58. The third kappa shape index (κ3) is 3.30. The summed E-state index contributed by atoms with van der Waals surface area (Å²) in [7, 11) is 4.95. The lowest BCUT2D eigenvalue weighted by Crippen LogP contribution is -2.46. The average Bonchev–Trinajstić information content (AvgIpc) is 2.68. The molecule has 1 aromatic carbocycles. The molecule has 2 aliphatic rings. The number of methoxy groups -OCH3 is 3. The summed E-state index contributed by atoms with van der Waals surface area (Å²) in [4.78, 5) is 14.7. The average molecular weight is 370 g/mol. The molecule has 1 aromatic heterocycles. The van der Waals surface area contributed by atoms with Crippen LogP contribution in [0.3, 0.4) is 0 Å². The SMILES string of the molecule is COc1cc(OC)c(OC)cc1CN1CC2CC(C1)c1cccc(=O)n1C2. The van der Waals surface area contributed by atoms with Crippen molar-refractivity contribution in [1.29, 1.82) is 0 Å². The molecule has 0 aliphatic carbocycles. The van der Waals surface area contributed by atoms with Gasteiger partial charge in [-0.3, -0.25) is 9.69 Å². The summed E-state index contributed by atoms with van der Waals surface area (Å²) in [5.74, 6) is 3.09. The Balaban J connectivity index is 1.59. The van der Waals surface area contributed by atoms with E-state index < -0.39 is 0 Å². The van der Waals surface area contributed by atoms with Crippen molar-refractivity contribution >= 4 is 0 Å². The molecule has 27 heavy (non-hydrogen) atoms. The second-order valence-electron chi connectivity index (χ2n) is 7.41. The van der Waals surface area contributed by atoms with Crippen LogP contribution in [0.1, 0.15) is 23.6 Å².